The Bertz CT molecular complexity index is 1780. The zero-order valence-electron chi connectivity index (χ0n) is 26.5. The van der Waals surface area contributed by atoms with E-state index < -0.39 is 11.6 Å². The number of aromatic nitrogens is 4. The third kappa shape index (κ3) is 4.54. The molecular formula is C36H44F2N4. The maximum atomic E-state index is 16.8. The molecule has 8 bridgehead atoms. The van der Waals surface area contributed by atoms with Gasteiger partial charge in [0.2, 0.25) is 0 Å². The Labute approximate surface area is 248 Å². The van der Waals surface area contributed by atoms with E-state index in [0.717, 1.165) is 81.3 Å². The van der Waals surface area contributed by atoms with Gasteiger partial charge in [-0.1, -0.05) is 55.4 Å². The summed E-state index contributed by atoms with van der Waals surface area (Å²) < 4.78 is 33.5. The number of nitrogens with one attached hydrogen (secondary N) is 2. The highest BCUT2D eigenvalue weighted by molar-refractivity contribution is 5.96. The van der Waals surface area contributed by atoms with E-state index in [1.807, 2.05) is 20.8 Å². The number of hydrogen-bond donors (Lipinski definition) is 2. The molecule has 5 heterocycles. The van der Waals surface area contributed by atoms with Crippen molar-refractivity contribution < 1.29 is 8.78 Å². The molecule has 0 radical (unpaired) electrons. The Morgan fingerprint density at radius 1 is 0.476 bits per heavy atom. The van der Waals surface area contributed by atoms with Crippen LogP contribution >= 0.6 is 0 Å². The normalized spacial score (nSPS) is 13.6. The van der Waals surface area contributed by atoms with Gasteiger partial charge in [0.1, 0.15) is 17.1 Å². The van der Waals surface area contributed by atoms with Gasteiger partial charge < -0.3 is 9.97 Å². The molecule has 5 rings (SSSR count). The topological polar surface area (TPSA) is 57.4 Å². The van der Waals surface area contributed by atoms with E-state index >= 15 is 8.78 Å². The van der Waals surface area contributed by atoms with Gasteiger partial charge in [0.05, 0.1) is 11.2 Å². The zero-order valence-corrected chi connectivity index (χ0v) is 26.5. The Morgan fingerprint density at radius 3 is 1.43 bits per heavy atom. The molecule has 2 aliphatic heterocycles. The monoisotopic (exact) mass is 570 g/mol. The molecule has 42 heavy (non-hydrogen) atoms. The quantitative estimate of drug-likeness (QED) is 0.283. The van der Waals surface area contributed by atoms with Crippen LogP contribution in [0.5, 0.6) is 0 Å². The predicted octanol–water partition coefficient (Wildman–Crippen LogP) is 10.3. The molecule has 0 aliphatic carbocycles. The summed E-state index contributed by atoms with van der Waals surface area (Å²) in [5.74, 6) is -0.869. The Kier molecular flexibility index (Phi) is 8.54. The molecule has 0 saturated heterocycles. The predicted molar refractivity (Wildman–Crippen MR) is 173 cm³/mol. The van der Waals surface area contributed by atoms with Gasteiger partial charge in [-0.05, 0) is 108 Å². The number of aryl methyl sites for hydroxylation is 4. The van der Waals surface area contributed by atoms with Crippen LogP contribution in [0, 0.1) is 11.6 Å². The van der Waals surface area contributed by atoms with E-state index in [1.54, 1.807) is 0 Å². The molecule has 0 spiro atoms. The molecule has 6 heteroatoms. The van der Waals surface area contributed by atoms with E-state index in [2.05, 4.69) is 56.7 Å². The smallest absolute Gasteiger partial charge is 0.174 e. The second kappa shape index (κ2) is 12.0. The highest BCUT2D eigenvalue weighted by Gasteiger charge is 2.29. The Hall–Kier alpha value is -3.54. The highest BCUT2D eigenvalue weighted by Crippen LogP contribution is 2.41. The highest BCUT2D eigenvalue weighted by atomic mass is 19.1. The van der Waals surface area contributed by atoms with Crippen LogP contribution in [-0.4, -0.2) is 19.9 Å². The summed E-state index contributed by atoms with van der Waals surface area (Å²) in [5, 5.41) is 0. The molecule has 3 aromatic rings. The average molecular weight is 571 g/mol. The lowest BCUT2D eigenvalue weighted by molar-refractivity contribution is 0.606. The lowest BCUT2D eigenvalue weighted by Crippen LogP contribution is -1.95. The van der Waals surface area contributed by atoms with Crippen LogP contribution < -0.4 is 0 Å². The van der Waals surface area contributed by atoms with Crippen molar-refractivity contribution in [3.8, 4) is 0 Å². The number of allylic oxidation sites excluding steroid dienone is 4. The van der Waals surface area contributed by atoms with Gasteiger partial charge in [-0.2, -0.15) is 0 Å². The van der Waals surface area contributed by atoms with Gasteiger partial charge >= 0.3 is 0 Å². The second-order valence-electron chi connectivity index (χ2n) is 11.1. The Morgan fingerprint density at radius 2 is 0.905 bits per heavy atom. The average Bonchev–Trinajstić information content (AvgIpc) is 3.74. The van der Waals surface area contributed by atoms with Gasteiger partial charge in [-0.15, -0.1) is 0 Å². The summed E-state index contributed by atoms with van der Waals surface area (Å²) in [5.41, 5.74) is 13.0. The molecule has 2 N–H and O–H groups in total. The number of H-pyrrole nitrogens is 2. The maximum Gasteiger partial charge on any atom is 0.174 e. The molecule has 0 atom stereocenters. The van der Waals surface area contributed by atoms with Crippen molar-refractivity contribution in [2.45, 2.75) is 107 Å². The largest absolute Gasteiger partial charge is 0.355 e. The van der Waals surface area contributed by atoms with Crippen molar-refractivity contribution >= 4 is 44.4 Å². The SMILES string of the molecule is CCC1=C(CC)c2nc1cc1[nH]c(cc3[nH]c(c(F)c4nc(c2F)C(CC)=C4CC)c(CC)c3CC)c(CC)c1CC. The minimum atomic E-state index is -0.457. The third-order valence-corrected chi connectivity index (χ3v) is 9.13. The molecule has 0 aromatic carbocycles. The third-order valence-electron chi connectivity index (χ3n) is 9.13. The first-order valence-electron chi connectivity index (χ1n) is 15.9. The van der Waals surface area contributed by atoms with Gasteiger partial charge in [0.25, 0.3) is 0 Å². The van der Waals surface area contributed by atoms with Gasteiger partial charge in [-0.3, -0.25) is 0 Å². The van der Waals surface area contributed by atoms with Gasteiger partial charge in [0.15, 0.2) is 11.6 Å². The summed E-state index contributed by atoms with van der Waals surface area (Å²) in [6.07, 6.45) is 5.67. The van der Waals surface area contributed by atoms with Crippen molar-refractivity contribution in [1.29, 1.82) is 0 Å². The molecule has 0 unspecified atom stereocenters. The first-order chi connectivity index (χ1) is 20.3. The molecule has 222 valence electrons. The second-order valence-corrected chi connectivity index (χ2v) is 11.1. The number of aromatic amines is 2. The zero-order chi connectivity index (χ0) is 30.3. The van der Waals surface area contributed by atoms with Gasteiger partial charge in [-0.25, -0.2) is 18.7 Å². The van der Waals surface area contributed by atoms with Crippen LogP contribution in [0.15, 0.2) is 12.1 Å². The van der Waals surface area contributed by atoms with Crippen LogP contribution in [0.1, 0.15) is 126 Å². The lowest BCUT2D eigenvalue weighted by Gasteiger charge is -2.06. The Balaban J connectivity index is 2.11. The standard InChI is InChI=1S/C36H44F2N4/c1-9-19-20(10-2)28-18-30-22(12-4)24(14-6)34(41-30)32(38)36-26(16-8)25(15-7)35(42-36)31(37)33-23(13-5)21(11-3)29(40-33)17-27(19)39-28/h17-18,39-40H,9-16H2,1-8H3. The lowest BCUT2D eigenvalue weighted by atomic mass is 9.97. The first kappa shape index (κ1) is 29.9. The fourth-order valence-corrected chi connectivity index (χ4v) is 7.18. The minimum absolute atomic E-state index is 0.227. The molecule has 0 saturated carbocycles. The molecule has 3 aromatic heterocycles. The van der Waals surface area contributed by atoms with E-state index in [1.165, 1.54) is 11.1 Å². The number of rotatable bonds is 8. The van der Waals surface area contributed by atoms with Crippen molar-refractivity contribution in [1.82, 2.24) is 19.9 Å². The summed E-state index contributed by atoms with van der Waals surface area (Å²) in [6.45, 7) is 16.6. The summed E-state index contributed by atoms with van der Waals surface area (Å²) in [4.78, 5) is 16.8. The molecular weight excluding hydrogens is 526 g/mol. The van der Waals surface area contributed by atoms with Crippen LogP contribution in [0.25, 0.3) is 44.4 Å². The molecule has 4 nitrogen and oxygen atoms in total. The molecule has 0 amide bonds. The van der Waals surface area contributed by atoms with E-state index in [9.17, 15) is 0 Å². The van der Waals surface area contributed by atoms with Crippen molar-refractivity contribution in [3.63, 3.8) is 0 Å². The van der Waals surface area contributed by atoms with E-state index in [4.69, 9.17) is 9.97 Å². The van der Waals surface area contributed by atoms with Crippen LogP contribution in [0.2, 0.25) is 0 Å². The van der Waals surface area contributed by atoms with Crippen LogP contribution in [-0.2, 0) is 25.7 Å². The maximum absolute atomic E-state index is 16.8. The van der Waals surface area contributed by atoms with Crippen molar-refractivity contribution in [3.05, 3.63) is 68.8 Å². The van der Waals surface area contributed by atoms with Crippen LogP contribution in [0.4, 0.5) is 8.78 Å². The number of nitrogens with zero attached hydrogens (tertiary/aromatic N) is 2. The number of halogens is 2. The van der Waals surface area contributed by atoms with E-state index in [0.29, 0.717) is 36.9 Å². The van der Waals surface area contributed by atoms with Crippen molar-refractivity contribution in [2.24, 2.45) is 0 Å². The fourth-order valence-electron chi connectivity index (χ4n) is 7.18. The number of fused-ring (bicyclic) bond motifs is 8. The molecule has 2 aliphatic rings. The minimum Gasteiger partial charge on any atom is -0.355 e. The molecule has 0 fully saturated rings. The first-order valence-corrected chi connectivity index (χ1v) is 15.9. The van der Waals surface area contributed by atoms with E-state index in [-0.39, 0.29) is 11.4 Å². The van der Waals surface area contributed by atoms with Crippen molar-refractivity contribution in [2.75, 3.05) is 0 Å². The summed E-state index contributed by atoms with van der Waals surface area (Å²) >= 11 is 0. The number of hydrogen-bond acceptors (Lipinski definition) is 2. The van der Waals surface area contributed by atoms with Crippen LogP contribution in [0.3, 0.4) is 0 Å². The summed E-state index contributed by atoms with van der Waals surface area (Å²) in [6, 6.07) is 4.25. The summed E-state index contributed by atoms with van der Waals surface area (Å²) in [7, 11) is 0. The van der Waals surface area contributed by atoms with Gasteiger partial charge in [0, 0.05) is 16.6 Å². The fraction of sp³-hybridized carbons (Fsp3) is 0.444.